The van der Waals surface area contributed by atoms with Crippen molar-refractivity contribution < 1.29 is 4.42 Å². The van der Waals surface area contributed by atoms with Crippen molar-refractivity contribution in [2.45, 2.75) is 32.9 Å². The maximum absolute atomic E-state index is 5.59. The van der Waals surface area contributed by atoms with Gasteiger partial charge < -0.3 is 20.0 Å². The van der Waals surface area contributed by atoms with Gasteiger partial charge >= 0.3 is 0 Å². The second-order valence-corrected chi connectivity index (χ2v) is 6.36. The molecule has 1 heterocycles. The Bertz CT molecular complexity index is 659. The molecule has 0 saturated heterocycles. The van der Waals surface area contributed by atoms with Crippen LogP contribution in [0, 0.1) is 13.8 Å². The highest BCUT2D eigenvalue weighted by Gasteiger charge is 2.13. The second kappa shape index (κ2) is 9.22. The summed E-state index contributed by atoms with van der Waals surface area (Å²) in [5.41, 5.74) is 2.26. The fraction of sp³-hybridized carbons (Fsp3) is 0.474. The van der Waals surface area contributed by atoms with E-state index >= 15 is 0 Å². The van der Waals surface area contributed by atoms with Gasteiger partial charge in [-0.15, -0.1) is 0 Å². The van der Waals surface area contributed by atoms with Crippen LogP contribution < -0.4 is 10.6 Å². The Balaban J connectivity index is 1.86. The Labute approximate surface area is 150 Å². The maximum Gasteiger partial charge on any atom is 0.214 e. The summed E-state index contributed by atoms with van der Waals surface area (Å²) in [7, 11) is 5.97. The Morgan fingerprint density at radius 3 is 2.48 bits per heavy atom. The predicted molar refractivity (Wildman–Crippen MR) is 102 cm³/mol. The maximum atomic E-state index is 5.59. The van der Waals surface area contributed by atoms with E-state index in [1.165, 1.54) is 5.56 Å². The van der Waals surface area contributed by atoms with Gasteiger partial charge in [0.05, 0.1) is 12.2 Å². The average Bonchev–Trinajstić information content (AvgIpc) is 2.92. The average molecular weight is 343 g/mol. The zero-order chi connectivity index (χ0) is 18.2. The Morgan fingerprint density at radius 1 is 1.20 bits per heavy atom. The molecule has 1 atom stereocenters. The summed E-state index contributed by atoms with van der Waals surface area (Å²) < 4.78 is 5.59. The van der Waals surface area contributed by atoms with E-state index in [2.05, 4.69) is 63.9 Å². The molecular formula is C19H29N5O. The fourth-order valence-corrected chi connectivity index (χ4v) is 2.53. The lowest BCUT2D eigenvalue weighted by atomic mass is 10.1. The molecule has 6 nitrogen and oxygen atoms in total. The summed E-state index contributed by atoms with van der Waals surface area (Å²) in [6.07, 6.45) is 0.982. The van der Waals surface area contributed by atoms with Crippen LogP contribution >= 0.6 is 0 Å². The number of rotatable bonds is 7. The Hall–Kier alpha value is -2.34. The zero-order valence-corrected chi connectivity index (χ0v) is 15.8. The van der Waals surface area contributed by atoms with E-state index in [0.717, 1.165) is 30.4 Å². The lowest BCUT2D eigenvalue weighted by Gasteiger charge is -2.25. The lowest BCUT2D eigenvalue weighted by Crippen LogP contribution is -2.45. The molecule has 0 fully saturated rings. The second-order valence-electron chi connectivity index (χ2n) is 6.36. The minimum atomic E-state index is 0.368. The molecule has 0 saturated carbocycles. The van der Waals surface area contributed by atoms with E-state index in [0.29, 0.717) is 18.5 Å². The van der Waals surface area contributed by atoms with E-state index in [4.69, 9.17) is 4.42 Å². The van der Waals surface area contributed by atoms with Crippen molar-refractivity contribution in [1.82, 2.24) is 20.5 Å². The first-order chi connectivity index (χ1) is 12.0. The Morgan fingerprint density at radius 2 is 1.92 bits per heavy atom. The van der Waals surface area contributed by atoms with Gasteiger partial charge in [0.15, 0.2) is 5.96 Å². The van der Waals surface area contributed by atoms with Gasteiger partial charge in [-0.25, -0.2) is 4.98 Å². The van der Waals surface area contributed by atoms with Gasteiger partial charge in [0, 0.05) is 19.6 Å². The normalized spacial score (nSPS) is 13.1. The molecule has 0 aliphatic rings. The molecule has 25 heavy (non-hydrogen) atoms. The van der Waals surface area contributed by atoms with E-state index in [9.17, 15) is 0 Å². The number of hydrogen-bond acceptors (Lipinski definition) is 4. The van der Waals surface area contributed by atoms with Gasteiger partial charge in [0.2, 0.25) is 5.89 Å². The molecule has 1 unspecified atom stereocenters. The monoisotopic (exact) mass is 343 g/mol. The molecule has 136 valence electrons. The number of likely N-dealkylation sites (N-methyl/N-ethyl adjacent to an activating group) is 1. The van der Waals surface area contributed by atoms with Crippen LogP contribution in [-0.4, -0.2) is 49.6 Å². The summed E-state index contributed by atoms with van der Waals surface area (Å²) >= 11 is 0. The summed E-state index contributed by atoms with van der Waals surface area (Å²) in [5, 5.41) is 6.64. The largest absolute Gasteiger partial charge is 0.444 e. The van der Waals surface area contributed by atoms with E-state index in [1.54, 1.807) is 7.05 Å². The molecular weight excluding hydrogens is 314 g/mol. The minimum Gasteiger partial charge on any atom is -0.444 e. The molecule has 2 N–H and O–H groups in total. The molecule has 0 aliphatic heterocycles. The first-order valence-corrected chi connectivity index (χ1v) is 8.57. The molecule has 2 aromatic rings. The van der Waals surface area contributed by atoms with Crippen LogP contribution in [-0.2, 0) is 13.0 Å². The SMILES string of the molecule is CN=C(NCc1nc(C)c(C)o1)NCC(Cc1ccccc1)N(C)C. The number of nitrogens with one attached hydrogen (secondary N) is 2. The predicted octanol–water partition coefficient (Wildman–Crippen LogP) is 2.13. The summed E-state index contributed by atoms with van der Waals surface area (Å²) in [6, 6.07) is 10.9. The first-order valence-electron chi connectivity index (χ1n) is 8.57. The van der Waals surface area contributed by atoms with Gasteiger partial charge in [-0.1, -0.05) is 30.3 Å². The number of aryl methyl sites for hydroxylation is 2. The molecule has 2 rings (SSSR count). The highest BCUT2D eigenvalue weighted by atomic mass is 16.4. The smallest absolute Gasteiger partial charge is 0.214 e. The van der Waals surface area contributed by atoms with Crippen LogP contribution in [0.1, 0.15) is 22.9 Å². The fourth-order valence-electron chi connectivity index (χ4n) is 2.53. The number of hydrogen-bond donors (Lipinski definition) is 2. The molecule has 0 amide bonds. The van der Waals surface area contributed by atoms with Gasteiger partial charge in [-0.3, -0.25) is 4.99 Å². The molecule has 0 spiro atoms. The number of nitrogens with zero attached hydrogens (tertiary/aromatic N) is 3. The van der Waals surface area contributed by atoms with Crippen molar-refractivity contribution in [3.8, 4) is 0 Å². The van der Waals surface area contributed by atoms with Crippen molar-refractivity contribution >= 4 is 5.96 Å². The molecule has 0 aliphatic carbocycles. The Kier molecular flexibility index (Phi) is 7.01. The number of aromatic nitrogens is 1. The van der Waals surface area contributed by atoms with Crippen molar-refractivity contribution in [1.29, 1.82) is 0 Å². The van der Waals surface area contributed by atoms with Gasteiger partial charge in [-0.05, 0) is 39.9 Å². The first kappa shape index (κ1) is 19.0. The third kappa shape index (κ3) is 5.90. The molecule has 1 aromatic carbocycles. The highest BCUT2D eigenvalue weighted by molar-refractivity contribution is 5.79. The van der Waals surface area contributed by atoms with Crippen molar-refractivity contribution in [2.75, 3.05) is 27.7 Å². The van der Waals surface area contributed by atoms with E-state index in [-0.39, 0.29) is 0 Å². The van der Waals surface area contributed by atoms with E-state index in [1.807, 2.05) is 19.9 Å². The van der Waals surface area contributed by atoms with Gasteiger partial charge in [0.25, 0.3) is 0 Å². The van der Waals surface area contributed by atoms with Crippen LogP contribution in [0.2, 0.25) is 0 Å². The number of benzene rings is 1. The van der Waals surface area contributed by atoms with Gasteiger partial charge in [0.1, 0.15) is 5.76 Å². The summed E-state index contributed by atoms with van der Waals surface area (Å²) in [5.74, 6) is 2.27. The van der Waals surface area contributed by atoms with Crippen LogP contribution in [0.3, 0.4) is 0 Å². The zero-order valence-electron chi connectivity index (χ0n) is 15.8. The number of guanidine groups is 1. The van der Waals surface area contributed by atoms with Crippen LogP contribution in [0.25, 0.3) is 0 Å². The number of oxazole rings is 1. The standard InChI is InChI=1S/C19H29N5O/c1-14-15(2)25-18(23-14)13-22-19(20-3)21-12-17(24(4)5)11-16-9-7-6-8-10-16/h6-10,17H,11-13H2,1-5H3,(H2,20,21,22). The van der Waals surface area contributed by atoms with E-state index < -0.39 is 0 Å². The van der Waals surface area contributed by atoms with Crippen molar-refractivity contribution in [3.63, 3.8) is 0 Å². The molecule has 1 aromatic heterocycles. The minimum absolute atomic E-state index is 0.368. The third-order valence-corrected chi connectivity index (χ3v) is 4.25. The highest BCUT2D eigenvalue weighted by Crippen LogP contribution is 2.08. The van der Waals surface area contributed by atoms with Crippen molar-refractivity contribution in [2.24, 2.45) is 4.99 Å². The topological polar surface area (TPSA) is 65.7 Å². The van der Waals surface area contributed by atoms with Crippen LogP contribution in [0.4, 0.5) is 0 Å². The van der Waals surface area contributed by atoms with Crippen molar-refractivity contribution in [3.05, 3.63) is 53.2 Å². The summed E-state index contributed by atoms with van der Waals surface area (Å²) in [4.78, 5) is 10.9. The number of aliphatic imine (C=N–C) groups is 1. The summed E-state index contributed by atoms with van der Waals surface area (Å²) in [6.45, 7) is 5.18. The van der Waals surface area contributed by atoms with Crippen LogP contribution in [0.5, 0.6) is 0 Å². The molecule has 6 heteroatoms. The quantitative estimate of drug-likeness (QED) is 0.595. The lowest BCUT2D eigenvalue weighted by molar-refractivity contribution is 0.290. The van der Waals surface area contributed by atoms with Crippen LogP contribution in [0.15, 0.2) is 39.7 Å². The molecule has 0 radical (unpaired) electrons. The van der Waals surface area contributed by atoms with Gasteiger partial charge in [-0.2, -0.15) is 0 Å². The molecule has 0 bridgehead atoms. The third-order valence-electron chi connectivity index (χ3n) is 4.25.